The van der Waals surface area contributed by atoms with E-state index in [-0.39, 0.29) is 11.7 Å². The quantitative estimate of drug-likeness (QED) is 0.559. The number of nitrogens with one attached hydrogen (secondary N) is 1. The number of hydrogen-bond acceptors (Lipinski definition) is 6. The predicted octanol–water partition coefficient (Wildman–Crippen LogP) is 4.85. The predicted molar refractivity (Wildman–Crippen MR) is 111 cm³/mol. The lowest BCUT2D eigenvalue weighted by atomic mass is 9.81. The minimum Gasteiger partial charge on any atom is -0.353 e. The highest BCUT2D eigenvalue weighted by molar-refractivity contribution is 8.17. The zero-order valence-corrected chi connectivity index (χ0v) is 16.7. The number of ketones is 1. The van der Waals surface area contributed by atoms with Crippen molar-refractivity contribution >= 4 is 29.3 Å². The van der Waals surface area contributed by atoms with E-state index in [1.165, 1.54) is 4.90 Å². The molecule has 2 aromatic rings. The molecule has 0 spiro atoms. The molecule has 1 N–H and O–H groups in total. The van der Waals surface area contributed by atoms with Gasteiger partial charge in [0.05, 0.1) is 27.7 Å². The molecule has 2 heterocycles. The monoisotopic (exact) mass is 393 g/mol. The van der Waals surface area contributed by atoms with Gasteiger partial charge in [-0.3, -0.25) is 9.78 Å². The second-order valence-corrected chi connectivity index (χ2v) is 8.41. The Labute approximate surface area is 167 Å². The first-order valence-electron chi connectivity index (χ1n) is 8.45. The van der Waals surface area contributed by atoms with Crippen LogP contribution in [0.5, 0.6) is 0 Å². The van der Waals surface area contributed by atoms with Crippen LogP contribution in [-0.2, 0) is 4.79 Å². The number of thioether (sulfide) groups is 2. The highest BCUT2D eigenvalue weighted by atomic mass is 32.2. The smallest absolute Gasteiger partial charge is 0.158 e. The van der Waals surface area contributed by atoms with Crippen molar-refractivity contribution in [1.82, 2.24) is 10.3 Å². The van der Waals surface area contributed by atoms with Gasteiger partial charge in [0.2, 0.25) is 0 Å². The SMILES string of the molecule is CC(=O)C1=C(C)NC(SCSc2ccccc2)=C(C#N)[C@H]1c1cccnc1. The molecule has 27 heavy (non-hydrogen) atoms. The van der Waals surface area contributed by atoms with Gasteiger partial charge in [0, 0.05) is 28.6 Å². The van der Waals surface area contributed by atoms with Gasteiger partial charge in [-0.2, -0.15) is 5.26 Å². The Bertz CT molecular complexity index is 931. The molecule has 1 aromatic carbocycles. The molecular formula is C21H19N3OS2. The number of carbonyl (C=O) groups is 1. The number of Topliss-reactive ketones (excluding diaryl/α,β-unsaturated/α-hetero) is 1. The van der Waals surface area contributed by atoms with Gasteiger partial charge in [-0.1, -0.05) is 36.0 Å². The van der Waals surface area contributed by atoms with Crippen molar-refractivity contribution in [3.8, 4) is 6.07 Å². The average Bonchev–Trinajstić information content (AvgIpc) is 2.68. The summed E-state index contributed by atoms with van der Waals surface area (Å²) in [6.07, 6.45) is 3.42. The van der Waals surface area contributed by atoms with Crippen molar-refractivity contribution in [2.24, 2.45) is 0 Å². The third-order valence-corrected chi connectivity index (χ3v) is 6.38. The van der Waals surface area contributed by atoms with Crippen LogP contribution in [0.2, 0.25) is 0 Å². The summed E-state index contributed by atoms with van der Waals surface area (Å²) < 4.78 is 0. The molecule has 0 bridgehead atoms. The number of hydrogen-bond donors (Lipinski definition) is 1. The van der Waals surface area contributed by atoms with Crippen molar-refractivity contribution in [3.63, 3.8) is 0 Å². The molecule has 0 unspecified atom stereocenters. The summed E-state index contributed by atoms with van der Waals surface area (Å²) >= 11 is 3.30. The van der Waals surface area contributed by atoms with E-state index >= 15 is 0 Å². The minimum atomic E-state index is -0.383. The number of nitrogens with zero attached hydrogens (tertiary/aromatic N) is 2. The Kier molecular flexibility index (Phi) is 6.38. The van der Waals surface area contributed by atoms with Gasteiger partial charge < -0.3 is 5.32 Å². The number of pyridine rings is 1. The normalized spacial score (nSPS) is 16.7. The van der Waals surface area contributed by atoms with Crippen LogP contribution in [0.1, 0.15) is 25.3 Å². The maximum Gasteiger partial charge on any atom is 0.158 e. The summed E-state index contributed by atoms with van der Waals surface area (Å²) in [5, 5.41) is 14.7. The first kappa shape index (κ1) is 19.3. The molecule has 0 saturated carbocycles. The molecule has 1 atom stereocenters. The number of benzene rings is 1. The van der Waals surface area contributed by atoms with Gasteiger partial charge in [0.15, 0.2) is 5.78 Å². The van der Waals surface area contributed by atoms with E-state index in [1.807, 2.05) is 37.3 Å². The molecule has 1 aliphatic rings. The standard InChI is InChI=1S/C21H19N3OS2/c1-14-19(15(2)25)20(16-7-6-10-23-12-16)18(11-22)21(24-14)27-13-26-17-8-4-3-5-9-17/h3-10,12,20,24H,13H2,1-2H3/t20-/m1/s1. The minimum absolute atomic E-state index is 0.0377. The van der Waals surface area contributed by atoms with Gasteiger partial charge >= 0.3 is 0 Å². The lowest BCUT2D eigenvalue weighted by Crippen LogP contribution is -2.27. The van der Waals surface area contributed by atoms with Gasteiger partial charge in [-0.05, 0) is 37.6 Å². The van der Waals surface area contributed by atoms with Crippen LogP contribution in [0.15, 0.2) is 81.6 Å². The van der Waals surface area contributed by atoms with Crippen LogP contribution in [-0.4, -0.2) is 15.9 Å². The fourth-order valence-corrected chi connectivity index (χ4v) is 5.19. The summed E-state index contributed by atoms with van der Waals surface area (Å²) in [6.45, 7) is 3.43. The molecule has 0 amide bonds. The van der Waals surface area contributed by atoms with Crippen molar-refractivity contribution in [2.45, 2.75) is 24.7 Å². The Morgan fingerprint density at radius 1 is 1.22 bits per heavy atom. The number of aromatic nitrogens is 1. The van der Waals surface area contributed by atoms with Crippen LogP contribution in [0.3, 0.4) is 0 Å². The number of dihydropyridines is 1. The van der Waals surface area contributed by atoms with Gasteiger partial charge in [0.25, 0.3) is 0 Å². The van der Waals surface area contributed by atoms with Crippen LogP contribution < -0.4 is 5.32 Å². The molecular weight excluding hydrogens is 374 g/mol. The molecule has 1 aliphatic heterocycles. The molecule has 4 nitrogen and oxygen atoms in total. The zero-order chi connectivity index (χ0) is 19.2. The van der Waals surface area contributed by atoms with Crippen LogP contribution in [0, 0.1) is 11.3 Å². The second-order valence-electron chi connectivity index (χ2n) is 6.01. The van der Waals surface area contributed by atoms with E-state index in [2.05, 4.69) is 28.5 Å². The Hall–Kier alpha value is -2.49. The molecule has 6 heteroatoms. The summed E-state index contributed by atoms with van der Waals surface area (Å²) in [5.41, 5.74) is 2.84. The van der Waals surface area contributed by atoms with Crippen LogP contribution in [0.4, 0.5) is 0 Å². The highest BCUT2D eigenvalue weighted by Gasteiger charge is 2.33. The summed E-state index contributed by atoms with van der Waals surface area (Å²) in [5.74, 6) is -0.420. The van der Waals surface area contributed by atoms with Crippen LogP contribution >= 0.6 is 23.5 Å². The third-order valence-electron chi connectivity index (χ3n) is 4.22. The first-order chi connectivity index (χ1) is 13.1. The van der Waals surface area contributed by atoms with Crippen LogP contribution in [0.25, 0.3) is 0 Å². The fraction of sp³-hybridized carbons (Fsp3) is 0.190. The molecule has 0 radical (unpaired) electrons. The second kappa shape index (κ2) is 8.94. The van der Waals surface area contributed by atoms with Crippen molar-refractivity contribution in [2.75, 3.05) is 5.08 Å². The lowest BCUT2D eigenvalue weighted by Gasteiger charge is -2.29. The largest absolute Gasteiger partial charge is 0.353 e. The number of carbonyl (C=O) groups excluding carboxylic acids is 1. The number of rotatable bonds is 6. The van der Waals surface area contributed by atoms with Gasteiger partial charge in [-0.25, -0.2) is 0 Å². The zero-order valence-electron chi connectivity index (χ0n) is 15.1. The summed E-state index contributed by atoms with van der Waals surface area (Å²) in [4.78, 5) is 17.7. The molecule has 3 rings (SSSR count). The van der Waals surface area contributed by atoms with Crippen molar-refractivity contribution < 1.29 is 4.79 Å². The number of allylic oxidation sites excluding steroid dienone is 3. The highest BCUT2D eigenvalue weighted by Crippen LogP contribution is 2.41. The lowest BCUT2D eigenvalue weighted by molar-refractivity contribution is -0.113. The maximum absolute atomic E-state index is 12.3. The maximum atomic E-state index is 12.3. The van der Waals surface area contributed by atoms with E-state index in [4.69, 9.17) is 0 Å². The van der Waals surface area contributed by atoms with Gasteiger partial charge in [-0.15, -0.1) is 11.8 Å². The van der Waals surface area contributed by atoms with E-state index in [0.717, 1.165) is 21.4 Å². The molecule has 136 valence electrons. The Balaban J connectivity index is 1.90. The van der Waals surface area contributed by atoms with E-state index < -0.39 is 0 Å². The van der Waals surface area contributed by atoms with E-state index in [9.17, 15) is 10.1 Å². The summed E-state index contributed by atoms with van der Waals surface area (Å²) in [7, 11) is 0. The molecule has 0 saturated heterocycles. The Morgan fingerprint density at radius 2 is 2.00 bits per heavy atom. The number of nitriles is 1. The van der Waals surface area contributed by atoms with E-state index in [0.29, 0.717) is 11.1 Å². The average molecular weight is 394 g/mol. The third kappa shape index (κ3) is 4.44. The molecule has 1 aromatic heterocycles. The fourth-order valence-electron chi connectivity index (χ4n) is 3.05. The van der Waals surface area contributed by atoms with Crippen molar-refractivity contribution in [1.29, 1.82) is 5.26 Å². The van der Waals surface area contributed by atoms with Gasteiger partial charge in [0.1, 0.15) is 0 Å². The topological polar surface area (TPSA) is 65.8 Å². The molecule has 0 fully saturated rings. The van der Waals surface area contributed by atoms with Crippen molar-refractivity contribution in [3.05, 3.63) is 82.3 Å². The van der Waals surface area contributed by atoms with E-state index in [1.54, 1.807) is 42.8 Å². The summed E-state index contributed by atoms with van der Waals surface area (Å²) in [6, 6.07) is 16.2. The first-order valence-corrected chi connectivity index (χ1v) is 10.4. The Morgan fingerprint density at radius 3 is 2.63 bits per heavy atom. The molecule has 0 aliphatic carbocycles.